The number of nitrogens with one attached hydrogen (secondary N) is 2. The molecule has 0 aliphatic heterocycles. The van der Waals surface area contributed by atoms with Gasteiger partial charge >= 0.3 is 16.1 Å². The van der Waals surface area contributed by atoms with Crippen LogP contribution in [0.4, 0.5) is 9.18 Å². The summed E-state index contributed by atoms with van der Waals surface area (Å²) in [5, 5.41) is 2.74. The minimum atomic E-state index is -3.71. The van der Waals surface area contributed by atoms with Crippen LogP contribution < -0.4 is 14.2 Å². The van der Waals surface area contributed by atoms with Crippen molar-refractivity contribution >= 4 is 28.1 Å². The Morgan fingerprint density at radius 2 is 1.79 bits per heavy atom. The Morgan fingerprint density at radius 3 is 2.34 bits per heavy atom. The molecule has 0 bridgehead atoms. The normalized spacial score (nSPS) is 11.8. The van der Waals surface area contributed by atoms with Crippen LogP contribution >= 0.6 is 11.9 Å². The lowest BCUT2D eigenvalue weighted by molar-refractivity contribution is 0.246. The predicted molar refractivity (Wildman–Crippen MR) is 114 cm³/mol. The first-order chi connectivity index (χ1) is 13.4. The van der Waals surface area contributed by atoms with Gasteiger partial charge in [-0.15, -0.1) is 0 Å². The van der Waals surface area contributed by atoms with Gasteiger partial charge in [0.15, 0.2) is 0 Å². The van der Waals surface area contributed by atoms with Crippen LogP contribution in [-0.2, 0) is 27.8 Å². The second-order valence-corrected chi connectivity index (χ2v) is 9.92. The highest BCUT2D eigenvalue weighted by Crippen LogP contribution is 2.22. The van der Waals surface area contributed by atoms with Crippen LogP contribution in [0.5, 0.6) is 5.75 Å². The van der Waals surface area contributed by atoms with E-state index in [4.69, 9.17) is 0 Å². The molecule has 29 heavy (non-hydrogen) atoms. The van der Waals surface area contributed by atoms with Gasteiger partial charge in [0, 0.05) is 18.4 Å². The minimum Gasteiger partial charge on any atom is -0.382 e. The average Bonchev–Trinajstić information content (AvgIpc) is 2.60. The van der Waals surface area contributed by atoms with Crippen molar-refractivity contribution in [3.05, 3.63) is 65.0 Å². The van der Waals surface area contributed by atoms with Gasteiger partial charge in [0.2, 0.25) is 0 Å². The number of hydrogen-bond donors (Lipinski definition) is 2. The highest BCUT2D eigenvalue weighted by atomic mass is 32.2. The summed E-state index contributed by atoms with van der Waals surface area (Å²) in [6.45, 7) is 6.79. The van der Waals surface area contributed by atoms with Crippen molar-refractivity contribution in [1.82, 2.24) is 10.0 Å². The Balaban J connectivity index is 1.78. The Morgan fingerprint density at radius 1 is 1.14 bits per heavy atom. The van der Waals surface area contributed by atoms with Crippen LogP contribution in [0.2, 0.25) is 0 Å². The van der Waals surface area contributed by atoms with E-state index in [0.29, 0.717) is 12.1 Å². The molecule has 0 saturated heterocycles. The second kappa shape index (κ2) is 9.49. The maximum absolute atomic E-state index is 14.0. The maximum atomic E-state index is 14.0. The molecule has 6 nitrogen and oxygen atoms in total. The predicted octanol–water partition coefficient (Wildman–Crippen LogP) is 4.11. The molecule has 0 saturated carbocycles. The lowest BCUT2D eigenvalue weighted by Crippen LogP contribution is -2.30. The van der Waals surface area contributed by atoms with E-state index >= 15 is 0 Å². The number of hydrogen-bond acceptors (Lipinski definition) is 5. The van der Waals surface area contributed by atoms with Gasteiger partial charge in [0.1, 0.15) is 11.6 Å². The molecule has 158 valence electrons. The van der Waals surface area contributed by atoms with Gasteiger partial charge in [0.25, 0.3) is 0 Å². The fourth-order valence-corrected chi connectivity index (χ4v) is 3.51. The van der Waals surface area contributed by atoms with E-state index in [0.717, 1.165) is 29.8 Å². The number of benzene rings is 2. The van der Waals surface area contributed by atoms with E-state index in [1.807, 2.05) is 24.3 Å². The molecule has 0 aromatic heterocycles. The third kappa shape index (κ3) is 7.94. The molecule has 2 amide bonds. The lowest BCUT2D eigenvalue weighted by Gasteiger charge is -2.19. The van der Waals surface area contributed by atoms with Gasteiger partial charge in [-0.2, -0.15) is 8.42 Å². The van der Waals surface area contributed by atoms with E-state index in [-0.39, 0.29) is 22.9 Å². The molecule has 0 unspecified atom stereocenters. The molecule has 2 aromatic rings. The second-order valence-electron chi connectivity index (χ2n) is 7.56. The highest BCUT2D eigenvalue weighted by Gasteiger charge is 2.13. The average molecular weight is 441 g/mol. The monoisotopic (exact) mass is 440 g/mol. The smallest absolute Gasteiger partial charge is 0.325 e. The van der Waals surface area contributed by atoms with Gasteiger partial charge in [-0.05, 0) is 40.1 Å². The fraction of sp³-hybridized carbons (Fsp3) is 0.350. The van der Waals surface area contributed by atoms with Crippen molar-refractivity contribution in [3.8, 4) is 5.75 Å². The number of halogens is 1. The Kier molecular flexibility index (Phi) is 7.54. The molecule has 0 aliphatic rings. The summed E-state index contributed by atoms with van der Waals surface area (Å²) < 4.78 is 43.4. The van der Waals surface area contributed by atoms with Crippen LogP contribution in [0.3, 0.4) is 0 Å². The summed E-state index contributed by atoms with van der Waals surface area (Å²) in [6, 6.07) is 11.4. The summed E-state index contributed by atoms with van der Waals surface area (Å²) in [7, 11) is -3.71. The van der Waals surface area contributed by atoms with E-state index in [9.17, 15) is 17.6 Å². The van der Waals surface area contributed by atoms with Gasteiger partial charge in [-0.25, -0.2) is 9.18 Å². The lowest BCUT2D eigenvalue weighted by atomic mass is 9.87. The van der Waals surface area contributed by atoms with Crippen LogP contribution in [0.25, 0.3) is 0 Å². The largest absolute Gasteiger partial charge is 0.382 e. The van der Waals surface area contributed by atoms with E-state index < -0.39 is 15.9 Å². The first-order valence-electron chi connectivity index (χ1n) is 8.87. The number of carbonyl (C=O) groups excluding carboxylic acids is 1. The summed E-state index contributed by atoms with van der Waals surface area (Å²) in [5.74, 6) is -0.527. The topological polar surface area (TPSA) is 84.5 Å². The molecular weight excluding hydrogens is 415 g/mol. The van der Waals surface area contributed by atoms with Gasteiger partial charge in [-0.1, -0.05) is 51.1 Å². The van der Waals surface area contributed by atoms with Crippen molar-refractivity contribution in [2.45, 2.75) is 38.5 Å². The zero-order valence-electron chi connectivity index (χ0n) is 16.8. The molecule has 9 heteroatoms. The maximum Gasteiger partial charge on any atom is 0.325 e. The zero-order chi connectivity index (χ0) is 21.7. The molecular formula is C20H25FN2O4S2. The van der Waals surface area contributed by atoms with Crippen molar-refractivity contribution in [2.75, 3.05) is 6.26 Å². The quantitative estimate of drug-likeness (QED) is 0.500. The van der Waals surface area contributed by atoms with E-state index in [1.54, 1.807) is 0 Å². The third-order valence-electron chi connectivity index (χ3n) is 3.94. The van der Waals surface area contributed by atoms with Gasteiger partial charge in [-0.3, -0.25) is 4.72 Å². The number of amides is 2. The van der Waals surface area contributed by atoms with Crippen molar-refractivity contribution in [1.29, 1.82) is 0 Å². The molecule has 0 atom stereocenters. The molecule has 0 fully saturated rings. The first kappa shape index (κ1) is 23.0. The number of rotatable bonds is 7. The first-order valence-corrected chi connectivity index (χ1v) is 11.7. The standard InChI is InChI=1S/C20H25FN2O4S2/c1-20(2,3)16-8-5-14(6-9-16)12-22-19(24)23-28-13-15-7-10-17(11-18(15)21)27-29(4,25)26/h5-11H,12-13H2,1-4H3,(H2,22,23,24). The fourth-order valence-electron chi connectivity index (χ4n) is 2.39. The number of urea groups is 1. The Bertz CT molecular complexity index is 955. The SMILES string of the molecule is CC(C)(C)c1ccc(CNC(=O)NSCc2ccc(OS(C)(=O)=O)cc2F)cc1. The summed E-state index contributed by atoms with van der Waals surface area (Å²) in [6.07, 6.45) is 0.885. The molecule has 0 radical (unpaired) electrons. The molecule has 2 aromatic carbocycles. The minimum absolute atomic E-state index is 0.0738. The van der Waals surface area contributed by atoms with Gasteiger partial charge < -0.3 is 9.50 Å². The van der Waals surface area contributed by atoms with Crippen LogP contribution in [-0.4, -0.2) is 20.7 Å². The Labute approximate surface area is 175 Å². The number of carbonyl (C=O) groups is 1. The summed E-state index contributed by atoms with van der Waals surface area (Å²) >= 11 is 1.03. The molecule has 0 aliphatic carbocycles. The molecule has 0 heterocycles. The van der Waals surface area contributed by atoms with Crippen molar-refractivity contribution < 1.29 is 21.8 Å². The van der Waals surface area contributed by atoms with Crippen LogP contribution in [0.15, 0.2) is 42.5 Å². The van der Waals surface area contributed by atoms with Crippen LogP contribution in [0, 0.1) is 5.82 Å². The third-order valence-corrected chi connectivity index (χ3v) is 5.22. The van der Waals surface area contributed by atoms with Crippen molar-refractivity contribution in [3.63, 3.8) is 0 Å². The molecule has 0 spiro atoms. The van der Waals surface area contributed by atoms with E-state index in [1.165, 1.54) is 17.7 Å². The van der Waals surface area contributed by atoms with Gasteiger partial charge in [0.05, 0.1) is 6.26 Å². The summed E-state index contributed by atoms with van der Waals surface area (Å²) in [5.41, 5.74) is 2.58. The highest BCUT2D eigenvalue weighted by molar-refractivity contribution is 7.97. The van der Waals surface area contributed by atoms with Crippen LogP contribution in [0.1, 0.15) is 37.5 Å². The van der Waals surface area contributed by atoms with Crippen molar-refractivity contribution in [2.24, 2.45) is 0 Å². The molecule has 2 N–H and O–H groups in total. The molecule has 2 rings (SSSR count). The van der Waals surface area contributed by atoms with E-state index in [2.05, 4.69) is 35.0 Å². The summed E-state index contributed by atoms with van der Waals surface area (Å²) in [4.78, 5) is 11.9. The Hall–Kier alpha value is -2.26. The zero-order valence-corrected chi connectivity index (χ0v) is 18.4.